The number of carbonyl (C=O) groups is 1. The maximum atomic E-state index is 11.2. The van der Waals surface area contributed by atoms with E-state index in [1.54, 1.807) is 0 Å². The molecule has 1 heterocycles. The Morgan fingerprint density at radius 3 is 2.59 bits per heavy atom. The monoisotopic (exact) mass is 254 g/mol. The molecule has 0 unspecified atom stereocenters. The number of hydrogen-bond donors (Lipinski definition) is 1. The Kier molecular flexibility index (Phi) is 2.89. The van der Waals surface area contributed by atoms with E-state index in [4.69, 9.17) is 9.15 Å². The topological polar surface area (TPSA) is 73.6 Å². The Labute approximate surface area is 98.9 Å². The van der Waals surface area contributed by atoms with E-state index in [9.17, 15) is 13.2 Å². The lowest BCUT2D eigenvalue weighted by Gasteiger charge is -2.00. The molecule has 0 bridgehead atoms. The Bertz CT molecular complexity index is 658. The highest BCUT2D eigenvalue weighted by molar-refractivity contribution is 7.72. The van der Waals surface area contributed by atoms with Crippen molar-refractivity contribution in [2.24, 2.45) is 0 Å². The molecule has 0 aliphatic rings. The fourth-order valence-electron chi connectivity index (χ4n) is 1.58. The van der Waals surface area contributed by atoms with Crippen molar-refractivity contribution in [3.63, 3.8) is 0 Å². The van der Waals surface area contributed by atoms with Crippen LogP contribution < -0.4 is 4.74 Å². The fourth-order valence-corrected chi connectivity index (χ4v) is 2.14. The van der Waals surface area contributed by atoms with Crippen LogP contribution in [0.25, 0.3) is 11.0 Å². The van der Waals surface area contributed by atoms with Gasteiger partial charge in [0.1, 0.15) is 0 Å². The summed E-state index contributed by atoms with van der Waals surface area (Å²) in [5, 5.41) is 0.366. The summed E-state index contributed by atoms with van der Waals surface area (Å²) >= 11 is 0. The molecule has 0 saturated heterocycles. The lowest BCUT2D eigenvalue weighted by molar-refractivity contribution is 0.0989. The van der Waals surface area contributed by atoms with Crippen LogP contribution in [0.5, 0.6) is 5.75 Å². The number of carbonyl (C=O) groups excluding carboxylic acids is 1. The van der Waals surface area contributed by atoms with Gasteiger partial charge in [-0.2, -0.15) is 0 Å². The molecule has 0 N–H and O–H groups in total. The highest BCUT2D eigenvalue weighted by Crippen LogP contribution is 2.32. The van der Waals surface area contributed by atoms with Crippen molar-refractivity contribution in [2.45, 2.75) is 11.8 Å². The van der Waals surface area contributed by atoms with Gasteiger partial charge in [-0.25, -0.2) is 8.42 Å². The largest absolute Gasteiger partial charge is 0.493 e. The van der Waals surface area contributed by atoms with E-state index in [2.05, 4.69) is 0 Å². The normalized spacial score (nSPS) is 11.0. The lowest BCUT2D eigenvalue weighted by Crippen LogP contribution is -1.86. The molecule has 0 fully saturated rings. The number of methoxy groups -OCH3 is 1. The van der Waals surface area contributed by atoms with Gasteiger partial charge in [0.25, 0.3) is 0 Å². The SMILES string of the molecule is COc1ccc([SH](=O)=O)c2cc(C(C)=O)oc12. The minimum atomic E-state index is -2.75. The number of ether oxygens (including phenoxy) is 1. The molecule has 0 atom stereocenters. The second-order valence-corrected chi connectivity index (χ2v) is 4.45. The van der Waals surface area contributed by atoms with Gasteiger partial charge in [0, 0.05) is 12.3 Å². The maximum Gasteiger partial charge on any atom is 0.194 e. The van der Waals surface area contributed by atoms with E-state index in [0.29, 0.717) is 11.1 Å². The number of thiol groups is 1. The van der Waals surface area contributed by atoms with E-state index in [0.717, 1.165) is 0 Å². The zero-order valence-electron chi connectivity index (χ0n) is 9.22. The number of hydrogen-bond acceptors (Lipinski definition) is 5. The molecule has 2 rings (SSSR count). The van der Waals surface area contributed by atoms with Gasteiger partial charge in [0.15, 0.2) is 33.6 Å². The van der Waals surface area contributed by atoms with Crippen LogP contribution in [-0.2, 0) is 10.7 Å². The molecule has 0 spiro atoms. The number of fused-ring (bicyclic) bond motifs is 1. The first-order valence-corrected chi connectivity index (χ1v) is 5.98. The summed E-state index contributed by atoms with van der Waals surface area (Å²) in [6.07, 6.45) is 0. The molecule has 5 nitrogen and oxygen atoms in total. The van der Waals surface area contributed by atoms with Gasteiger partial charge in [0.2, 0.25) is 0 Å². The molecule has 90 valence electrons. The van der Waals surface area contributed by atoms with E-state index < -0.39 is 10.7 Å². The minimum absolute atomic E-state index is 0.114. The van der Waals surface area contributed by atoms with Crippen molar-refractivity contribution in [1.82, 2.24) is 0 Å². The molecule has 0 saturated carbocycles. The third kappa shape index (κ3) is 1.91. The molecule has 0 amide bonds. The van der Waals surface area contributed by atoms with Gasteiger partial charge in [-0.3, -0.25) is 4.79 Å². The fraction of sp³-hybridized carbons (Fsp3) is 0.182. The van der Waals surface area contributed by atoms with Gasteiger partial charge in [-0.05, 0) is 18.2 Å². The number of Topliss-reactive ketones (excluding diaryl/α,β-unsaturated/α-hetero) is 1. The number of ketones is 1. The van der Waals surface area contributed by atoms with Crippen LogP contribution in [0.2, 0.25) is 0 Å². The summed E-state index contributed by atoms with van der Waals surface area (Å²) in [6, 6.07) is 4.34. The lowest BCUT2D eigenvalue weighted by atomic mass is 10.2. The molecule has 6 heteroatoms. The summed E-state index contributed by atoms with van der Waals surface area (Å²) in [7, 11) is -1.30. The van der Waals surface area contributed by atoms with Crippen LogP contribution in [0.1, 0.15) is 17.5 Å². The predicted octanol–water partition coefficient (Wildman–Crippen LogP) is 1.61. The van der Waals surface area contributed by atoms with Gasteiger partial charge < -0.3 is 9.15 Å². The average Bonchev–Trinajstić information content (AvgIpc) is 2.71. The summed E-state index contributed by atoms with van der Waals surface area (Å²) in [5.74, 6) is 0.242. The standard InChI is InChI=1S/C11H10O5S/c1-6(12)9-5-7-10(17(13)14)4-3-8(15-2)11(7)16-9/h3-5,17H,1-2H3. The van der Waals surface area contributed by atoms with Gasteiger partial charge in [0.05, 0.1) is 12.0 Å². The first-order chi connectivity index (χ1) is 8.04. The molecule has 0 aliphatic carbocycles. The summed E-state index contributed by atoms with van der Waals surface area (Å²) < 4.78 is 32.5. The molecule has 17 heavy (non-hydrogen) atoms. The highest BCUT2D eigenvalue weighted by Gasteiger charge is 2.16. The molecule has 1 aromatic carbocycles. The Morgan fingerprint density at radius 1 is 1.35 bits per heavy atom. The summed E-state index contributed by atoms with van der Waals surface area (Å²) in [6.45, 7) is 1.35. The molecular formula is C11H10O5S. The third-order valence-corrected chi connectivity index (χ3v) is 3.17. The maximum absolute atomic E-state index is 11.2. The molecular weight excluding hydrogens is 244 g/mol. The van der Waals surface area contributed by atoms with E-state index in [1.807, 2.05) is 0 Å². The van der Waals surface area contributed by atoms with Crippen LogP contribution in [-0.4, -0.2) is 21.3 Å². The molecule has 1 aromatic heterocycles. The first-order valence-electron chi connectivity index (χ1n) is 4.80. The van der Waals surface area contributed by atoms with Crippen molar-refractivity contribution < 1.29 is 22.4 Å². The second-order valence-electron chi connectivity index (χ2n) is 3.45. The molecule has 2 aromatic rings. The van der Waals surface area contributed by atoms with Gasteiger partial charge >= 0.3 is 0 Å². The zero-order chi connectivity index (χ0) is 12.6. The minimum Gasteiger partial charge on any atom is -0.493 e. The Hall–Kier alpha value is -1.82. The summed E-state index contributed by atoms with van der Waals surface area (Å²) in [5.41, 5.74) is 0.273. The summed E-state index contributed by atoms with van der Waals surface area (Å²) in [4.78, 5) is 11.3. The number of furan rings is 1. The number of rotatable bonds is 3. The van der Waals surface area contributed by atoms with Crippen molar-refractivity contribution in [2.75, 3.05) is 7.11 Å². The molecule has 0 radical (unpaired) electrons. The van der Waals surface area contributed by atoms with Gasteiger partial charge in [-0.15, -0.1) is 0 Å². The first kappa shape index (κ1) is 11.7. The van der Waals surface area contributed by atoms with Crippen LogP contribution in [0.3, 0.4) is 0 Å². The van der Waals surface area contributed by atoms with Crippen LogP contribution >= 0.6 is 0 Å². The zero-order valence-corrected chi connectivity index (χ0v) is 10.1. The van der Waals surface area contributed by atoms with Crippen molar-refractivity contribution in [1.29, 1.82) is 0 Å². The van der Waals surface area contributed by atoms with Crippen molar-refractivity contribution in [3.05, 3.63) is 24.0 Å². The van der Waals surface area contributed by atoms with E-state index in [1.165, 1.54) is 32.2 Å². The third-order valence-electron chi connectivity index (χ3n) is 2.39. The Balaban J connectivity index is 2.85. The van der Waals surface area contributed by atoms with Crippen molar-refractivity contribution >= 4 is 27.5 Å². The second kappa shape index (κ2) is 4.21. The van der Waals surface area contributed by atoms with Crippen LogP contribution in [0.4, 0.5) is 0 Å². The Morgan fingerprint density at radius 2 is 2.06 bits per heavy atom. The predicted molar refractivity (Wildman–Crippen MR) is 61.4 cm³/mol. The van der Waals surface area contributed by atoms with Crippen LogP contribution in [0, 0.1) is 0 Å². The van der Waals surface area contributed by atoms with Crippen LogP contribution in [0.15, 0.2) is 27.5 Å². The quantitative estimate of drug-likeness (QED) is 0.665. The highest BCUT2D eigenvalue weighted by atomic mass is 32.2. The van der Waals surface area contributed by atoms with E-state index in [-0.39, 0.29) is 22.0 Å². The van der Waals surface area contributed by atoms with Crippen molar-refractivity contribution in [3.8, 4) is 5.75 Å². The van der Waals surface area contributed by atoms with Gasteiger partial charge in [-0.1, -0.05) is 0 Å². The molecule has 0 aliphatic heterocycles. The smallest absolute Gasteiger partial charge is 0.194 e. The number of benzene rings is 1. The van der Waals surface area contributed by atoms with E-state index >= 15 is 0 Å². The average molecular weight is 254 g/mol.